The molecule has 0 bridgehead atoms. The summed E-state index contributed by atoms with van der Waals surface area (Å²) in [6, 6.07) is 0.245. The molecule has 3 N–H and O–H groups in total. The van der Waals surface area contributed by atoms with Crippen molar-refractivity contribution in [1.29, 1.82) is 0 Å². The van der Waals surface area contributed by atoms with Crippen LogP contribution in [0, 0.1) is 0 Å². The van der Waals surface area contributed by atoms with Crippen LogP contribution in [0.2, 0.25) is 0 Å². The Hall–Kier alpha value is -1.18. The zero-order valence-electron chi connectivity index (χ0n) is 8.13. The number of rotatable bonds is 3. The molecular formula is C8H12BN3O3. The number of nitrogens with zero attached hydrogens (tertiary/aromatic N) is 2. The Labute approximate surface area is 87.5 Å². The van der Waals surface area contributed by atoms with Gasteiger partial charge in [-0.15, -0.1) is 0 Å². The standard InChI is InChI=1S/C8H12BN3O3/c13-9(14)6-3-10-8(11-4-6)12-7-1-2-15-5-7/h3-4,7,13-14H,1-2,5H2,(H,10,11,12). The molecular weight excluding hydrogens is 197 g/mol. The Morgan fingerprint density at radius 3 is 2.67 bits per heavy atom. The van der Waals surface area contributed by atoms with Crippen LogP contribution in [0.25, 0.3) is 0 Å². The van der Waals surface area contributed by atoms with Crippen LogP contribution < -0.4 is 10.8 Å². The van der Waals surface area contributed by atoms with Gasteiger partial charge in [-0.1, -0.05) is 0 Å². The molecule has 0 aromatic carbocycles. The first-order valence-corrected chi connectivity index (χ1v) is 4.78. The number of aromatic nitrogens is 2. The average Bonchev–Trinajstić information content (AvgIpc) is 2.71. The lowest BCUT2D eigenvalue weighted by molar-refractivity contribution is 0.195. The van der Waals surface area contributed by atoms with E-state index < -0.39 is 7.12 Å². The molecule has 6 nitrogen and oxygen atoms in total. The van der Waals surface area contributed by atoms with Gasteiger partial charge < -0.3 is 20.1 Å². The van der Waals surface area contributed by atoms with Crippen molar-refractivity contribution in [3.63, 3.8) is 0 Å². The van der Waals surface area contributed by atoms with Gasteiger partial charge in [-0.3, -0.25) is 0 Å². The fourth-order valence-electron chi connectivity index (χ4n) is 1.38. The fraction of sp³-hybridized carbons (Fsp3) is 0.500. The second-order valence-corrected chi connectivity index (χ2v) is 3.42. The monoisotopic (exact) mass is 209 g/mol. The van der Waals surface area contributed by atoms with E-state index in [1.165, 1.54) is 12.4 Å². The lowest BCUT2D eigenvalue weighted by atomic mass is 9.83. The van der Waals surface area contributed by atoms with Crippen LogP contribution in [0.5, 0.6) is 0 Å². The maximum absolute atomic E-state index is 8.83. The predicted octanol–water partition coefficient (Wildman–Crippen LogP) is -1.64. The first-order chi connectivity index (χ1) is 7.25. The SMILES string of the molecule is OB(O)c1cnc(NC2CCOC2)nc1. The summed E-state index contributed by atoms with van der Waals surface area (Å²) in [4.78, 5) is 7.93. The van der Waals surface area contributed by atoms with Gasteiger partial charge in [0.25, 0.3) is 0 Å². The van der Waals surface area contributed by atoms with E-state index >= 15 is 0 Å². The molecule has 0 radical (unpaired) electrons. The Bertz CT molecular complexity index is 313. The zero-order chi connectivity index (χ0) is 10.7. The highest BCUT2D eigenvalue weighted by atomic mass is 16.5. The van der Waals surface area contributed by atoms with Crippen molar-refractivity contribution in [3.05, 3.63) is 12.4 Å². The third-order valence-corrected chi connectivity index (χ3v) is 2.23. The van der Waals surface area contributed by atoms with E-state index in [1.54, 1.807) is 0 Å². The second kappa shape index (κ2) is 4.56. The summed E-state index contributed by atoms with van der Waals surface area (Å²) in [7, 11) is -1.52. The summed E-state index contributed by atoms with van der Waals surface area (Å²) in [6.07, 6.45) is 3.71. The molecule has 0 amide bonds. The van der Waals surface area contributed by atoms with E-state index in [0.717, 1.165) is 13.0 Å². The Balaban J connectivity index is 1.97. The van der Waals surface area contributed by atoms with Crippen molar-refractivity contribution >= 4 is 18.5 Å². The summed E-state index contributed by atoms with van der Waals surface area (Å²) in [5, 5.41) is 20.8. The van der Waals surface area contributed by atoms with Crippen molar-refractivity contribution < 1.29 is 14.8 Å². The maximum atomic E-state index is 8.83. The molecule has 80 valence electrons. The molecule has 1 unspecified atom stereocenters. The van der Waals surface area contributed by atoms with Crippen LogP contribution in [0.1, 0.15) is 6.42 Å². The first kappa shape index (κ1) is 10.3. The van der Waals surface area contributed by atoms with Crippen LogP contribution in [0.15, 0.2) is 12.4 Å². The molecule has 0 aliphatic carbocycles. The molecule has 7 heteroatoms. The number of hydrogen-bond acceptors (Lipinski definition) is 6. The highest BCUT2D eigenvalue weighted by Gasteiger charge is 2.17. The summed E-state index contributed by atoms with van der Waals surface area (Å²) < 4.78 is 5.19. The van der Waals surface area contributed by atoms with Crippen LogP contribution in [-0.2, 0) is 4.74 Å². The average molecular weight is 209 g/mol. The van der Waals surface area contributed by atoms with Crippen LogP contribution >= 0.6 is 0 Å². The molecule has 1 saturated heterocycles. The van der Waals surface area contributed by atoms with Crippen molar-refractivity contribution in [2.24, 2.45) is 0 Å². The van der Waals surface area contributed by atoms with Crippen LogP contribution in [0.4, 0.5) is 5.95 Å². The molecule has 1 aliphatic rings. The van der Waals surface area contributed by atoms with Gasteiger partial charge in [0.05, 0.1) is 12.6 Å². The van der Waals surface area contributed by atoms with Crippen molar-refractivity contribution in [3.8, 4) is 0 Å². The summed E-state index contributed by atoms with van der Waals surface area (Å²) >= 11 is 0. The van der Waals surface area contributed by atoms with E-state index in [4.69, 9.17) is 14.8 Å². The highest BCUT2D eigenvalue weighted by molar-refractivity contribution is 6.58. The Kier molecular flexibility index (Phi) is 3.15. The minimum atomic E-state index is -1.52. The summed E-state index contributed by atoms with van der Waals surface area (Å²) in [5.41, 5.74) is 0.281. The summed E-state index contributed by atoms with van der Waals surface area (Å²) in [6.45, 7) is 1.42. The lowest BCUT2D eigenvalue weighted by Crippen LogP contribution is -2.31. The van der Waals surface area contributed by atoms with E-state index in [2.05, 4.69) is 15.3 Å². The van der Waals surface area contributed by atoms with E-state index in [9.17, 15) is 0 Å². The van der Waals surface area contributed by atoms with Gasteiger partial charge in [0, 0.05) is 24.5 Å². The van der Waals surface area contributed by atoms with Crippen molar-refractivity contribution in [2.45, 2.75) is 12.5 Å². The number of ether oxygens (including phenoxy) is 1. The maximum Gasteiger partial charge on any atom is 0.491 e. The quantitative estimate of drug-likeness (QED) is 0.517. The topological polar surface area (TPSA) is 87.5 Å². The van der Waals surface area contributed by atoms with Crippen molar-refractivity contribution in [2.75, 3.05) is 18.5 Å². The predicted molar refractivity (Wildman–Crippen MR) is 54.7 cm³/mol. The molecule has 2 rings (SSSR count). The lowest BCUT2D eigenvalue weighted by Gasteiger charge is -2.09. The second-order valence-electron chi connectivity index (χ2n) is 3.42. The molecule has 0 spiro atoms. The van der Waals surface area contributed by atoms with E-state index in [0.29, 0.717) is 12.6 Å². The third-order valence-electron chi connectivity index (χ3n) is 2.23. The minimum Gasteiger partial charge on any atom is -0.423 e. The van der Waals surface area contributed by atoms with Gasteiger partial charge in [0.15, 0.2) is 0 Å². The molecule has 1 fully saturated rings. The first-order valence-electron chi connectivity index (χ1n) is 4.78. The summed E-state index contributed by atoms with van der Waals surface area (Å²) in [5.74, 6) is 0.481. The Morgan fingerprint density at radius 2 is 2.13 bits per heavy atom. The number of anilines is 1. The van der Waals surface area contributed by atoms with Crippen molar-refractivity contribution in [1.82, 2.24) is 9.97 Å². The smallest absolute Gasteiger partial charge is 0.423 e. The normalized spacial score (nSPS) is 20.3. The number of hydrogen-bond donors (Lipinski definition) is 3. The highest BCUT2D eigenvalue weighted by Crippen LogP contribution is 2.08. The van der Waals surface area contributed by atoms with Gasteiger partial charge in [0.2, 0.25) is 5.95 Å². The molecule has 2 heterocycles. The van der Waals surface area contributed by atoms with Gasteiger partial charge in [0.1, 0.15) is 0 Å². The minimum absolute atomic E-state index is 0.245. The fourth-order valence-corrected chi connectivity index (χ4v) is 1.38. The van der Waals surface area contributed by atoms with Gasteiger partial charge in [-0.2, -0.15) is 0 Å². The third kappa shape index (κ3) is 2.65. The van der Waals surface area contributed by atoms with Gasteiger partial charge >= 0.3 is 7.12 Å². The molecule has 1 aromatic heterocycles. The molecule has 1 aliphatic heterocycles. The molecule has 15 heavy (non-hydrogen) atoms. The molecule has 0 saturated carbocycles. The van der Waals surface area contributed by atoms with Crippen LogP contribution in [0.3, 0.4) is 0 Å². The van der Waals surface area contributed by atoms with E-state index in [-0.39, 0.29) is 11.5 Å². The zero-order valence-corrected chi connectivity index (χ0v) is 8.13. The molecule has 1 atom stereocenters. The molecule has 1 aromatic rings. The van der Waals surface area contributed by atoms with E-state index in [1.807, 2.05) is 0 Å². The largest absolute Gasteiger partial charge is 0.491 e. The van der Waals surface area contributed by atoms with Crippen LogP contribution in [-0.4, -0.2) is 46.4 Å². The van der Waals surface area contributed by atoms with Gasteiger partial charge in [-0.05, 0) is 6.42 Å². The number of nitrogens with one attached hydrogen (secondary N) is 1. The Morgan fingerprint density at radius 1 is 1.40 bits per heavy atom. The van der Waals surface area contributed by atoms with Gasteiger partial charge in [-0.25, -0.2) is 9.97 Å².